The minimum Gasteiger partial charge on any atom is -0.394 e. The van der Waals surface area contributed by atoms with Crippen LogP contribution < -0.4 is 0 Å². The maximum atomic E-state index is 8.75. The van der Waals surface area contributed by atoms with E-state index in [0.29, 0.717) is 26.1 Å². The van der Waals surface area contributed by atoms with Crippen molar-refractivity contribution in [3.05, 3.63) is 0 Å². The molecule has 0 aromatic rings. The maximum absolute atomic E-state index is 8.75. The highest BCUT2D eigenvalue weighted by molar-refractivity contribution is 4.60. The highest BCUT2D eigenvalue weighted by Crippen LogP contribution is 2.14. The van der Waals surface area contributed by atoms with Crippen LogP contribution in [-0.2, 0) is 9.47 Å². The Morgan fingerprint density at radius 3 is 2.10 bits per heavy atom. The van der Waals surface area contributed by atoms with E-state index in [1.54, 1.807) is 0 Å². The summed E-state index contributed by atoms with van der Waals surface area (Å²) in [5.74, 6) is -2.58. The van der Waals surface area contributed by atoms with Crippen LogP contribution in [0.3, 0.4) is 0 Å². The molecule has 7 heteroatoms. The van der Waals surface area contributed by atoms with Gasteiger partial charge in [0.2, 0.25) is 0 Å². The van der Waals surface area contributed by atoms with E-state index in [1.165, 1.54) is 0 Å². The van der Waals surface area contributed by atoms with Crippen LogP contribution in [0.2, 0.25) is 0 Å². The van der Waals surface area contributed by atoms with Crippen molar-refractivity contribution in [2.45, 2.75) is 50.6 Å². The largest absolute Gasteiger partial charge is 0.394 e. The summed E-state index contributed by atoms with van der Waals surface area (Å²) in [5.41, 5.74) is 0. The SMILES string of the molecule is OCCOCCC(CCCCCC(O)(O)O)OCCO. The van der Waals surface area contributed by atoms with Gasteiger partial charge in [-0.25, -0.2) is 0 Å². The molecule has 0 aromatic carbocycles. The number of aliphatic hydroxyl groups is 5. The van der Waals surface area contributed by atoms with Gasteiger partial charge in [-0.1, -0.05) is 12.8 Å². The number of rotatable bonds is 14. The van der Waals surface area contributed by atoms with E-state index in [4.69, 9.17) is 35.0 Å². The Hall–Kier alpha value is -0.280. The van der Waals surface area contributed by atoms with Crippen LogP contribution in [0.5, 0.6) is 0 Å². The van der Waals surface area contributed by atoms with Crippen molar-refractivity contribution in [1.82, 2.24) is 0 Å². The molecule has 0 aromatic heterocycles. The van der Waals surface area contributed by atoms with Crippen molar-refractivity contribution < 1.29 is 35.0 Å². The van der Waals surface area contributed by atoms with Crippen LogP contribution in [0.25, 0.3) is 0 Å². The van der Waals surface area contributed by atoms with Gasteiger partial charge in [0.05, 0.1) is 32.5 Å². The van der Waals surface area contributed by atoms with Gasteiger partial charge in [0.15, 0.2) is 0 Å². The predicted molar refractivity (Wildman–Crippen MR) is 71.8 cm³/mol. The van der Waals surface area contributed by atoms with Crippen LogP contribution >= 0.6 is 0 Å². The Labute approximate surface area is 119 Å². The molecule has 0 saturated heterocycles. The molecular weight excluding hydrogens is 268 g/mol. The second-order valence-electron chi connectivity index (χ2n) is 4.71. The van der Waals surface area contributed by atoms with Gasteiger partial charge < -0.3 is 35.0 Å². The number of unbranched alkanes of at least 4 members (excludes halogenated alkanes) is 2. The molecule has 0 spiro atoms. The first kappa shape index (κ1) is 19.7. The number of aliphatic hydroxyl groups excluding tert-OH is 2. The van der Waals surface area contributed by atoms with Crippen molar-refractivity contribution in [3.8, 4) is 0 Å². The third-order valence-electron chi connectivity index (χ3n) is 2.80. The molecule has 0 rings (SSSR count). The van der Waals surface area contributed by atoms with Crippen LogP contribution in [0.15, 0.2) is 0 Å². The molecule has 1 unspecified atom stereocenters. The van der Waals surface area contributed by atoms with E-state index < -0.39 is 5.97 Å². The average Bonchev–Trinajstić information content (AvgIpc) is 2.38. The van der Waals surface area contributed by atoms with Crippen LogP contribution in [0.1, 0.15) is 38.5 Å². The topological polar surface area (TPSA) is 120 Å². The second-order valence-corrected chi connectivity index (χ2v) is 4.71. The third-order valence-corrected chi connectivity index (χ3v) is 2.80. The molecule has 0 bridgehead atoms. The molecule has 1 atom stereocenters. The average molecular weight is 296 g/mol. The van der Waals surface area contributed by atoms with E-state index in [-0.39, 0.29) is 32.3 Å². The molecule has 0 aliphatic carbocycles. The van der Waals surface area contributed by atoms with Crippen LogP contribution in [0, 0.1) is 0 Å². The third kappa shape index (κ3) is 14.1. The number of hydrogen-bond acceptors (Lipinski definition) is 7. The molecule has 122 valence electrons. The first-order valence-corrected chi connectivity index (χ1v) is 7.08. The van der Waals surface area contributed by atoms with Gasteiger partial charge in [-0.15, -0.1) is 0 Å². The number of ether oxygens (including phenoxy) is 2. The lowest BCUT2D eigenvalue weighted by Gasteiger charge is -2.18. The molecule has 0 heterocycles. The Morgan fingerprint density at radius 2 is 1.50 bits per heavy atom. The molecule has 5 N–H and O–H groups in total. The summed E-state index contributed by atoms with van der Waals surface area (Å²) < 4.78 is 10.7. The van der Waals surface area contributed by atoms with Crippen LogP contribution in [0.4, 0.5) is 0 Å². The summed E-state index contributed by atoms with van der Waals surface area (Å²) in [5, 5.41) is 43.5. The molecule has 20 heavy (non-hydrogen) atoms. The predicted octanol–water partition coefficient (Wildman–Crippen LogP) is -0.656. The fourth-order valence-corrected chi connectivity index (χ4v) is 1.82. The van der Waals surface area contributed by atoms with Gasteiger partial charge in [0, 0.05) is 13.0 Å². The van der Waals surface area contributed by atoms with Gasteiger partial charge in [-0.05, 0) is 19.3 Å². The van der Waals surface area contributed by atoms with E-state index in [0.717, 1.165) is 19.3 Å². The highest BCUT2D eigenvalue weighted by Gasteiger charge is 2.17. The fraction of sp³-hybridized carbons (Fsp3) is 1.00. The molecular formula is C13H28O7. The smallest absolute Gasteiger partial charge is 0.275 e. The van der Waals surface area contributed by atoms with Gasteiger partial charge in [-0.3, -0.25) is 0 Å². The summed E-state index contributed by atoms with van der Waals surface area (Å²) in [6, 6.07) is 0. The Bertz CT molecular complexity index is 205. The monoisotopic (exact) mass is 296 g/mol. The maximum Gasteiger partial charge on any atom is 0.275 e. The first-order chi connectivity index (χ1) is 9.49. The van der Waals surface area contributed by atoms with Crippen molar-refractivity contribution in [2.24, 2.45) is 0 Å². The Balaban J connectivity index is 3.68. The van der Waals surface area contributed by atoms with Gasteiger partial charge in [0.1, 0.15) is 0 Å². The van der Waals surface area contributed by atoms with E-state index in [2.05, 4.69) is 0 Å². The first-order valence-electron chi connectivity index (χ1n) is 7.08. The van der Waals surface area contributed by atoms with Crippen LogP contribution in [-0.4, -0.2) is 70.6 Å². The Morgan fingerprint density at radius 1 is 0.800 bits per heavy atom. The summed E-state index contributed by atoms with van der Waals surface area (Å²) in [6.07, 6.45) is 3.45. The molecule has 0 amide bonds. The Kier molecular flexibility index (Phi) is 12.3. The zero-order valence-electron chi connectivity index (χ0n) is 11.9. The fourth-order valence-electron chi connectivity index (χ4n) is 1.82. The zero-order valence-corrected chi connectivity index (χ0v) is 11.9. The number of hydrogen-bond donors (Lipinski definition) is 5. The molecule has 0 radical (unpaired) electrons. The lowest BCUT2D eigenvalue weighted by molar-refractivity contribution is -0.315. The molecule has 0 fully saturated rings. The lowest BCUT2D eigenvalue weighted by atomic mass is 10.1. The minimum atomic E-state index is -2.58. The zero-order chi connectivity index (χ0) is 15.3. The normalized spacial score (nSPS) is 13.7. The second kappa shape index (κ2) is 12.5. The summed E-state index contributed by atoms with van der Waals surface area (Å²) in [4.78, 5) is 0. The lowest BCUT2D eigenvalue weighted by Crippen LogP contribution is -2.26. The summed E-state index contributed by atoms with van der Waals surface area (Å²) in [7, 11) is 0. The van der Waals surface area contributed by atoms with Crippen molar-refractivity contribution >= 4 is 0 Å². The van der Waals surface area contributed by atoms with Gasteiger partial charge in [-0.2, -0.15) is 0 Å². The standard InChI is InChI=1S/C13H28O7/c14-7-10-19-9-5-12(20-11-8-15)4-2-1-3-6-13(16,17)18/h12,14-18H,1-11H2. The minimum absolute atomic E-state index is 0.00655. The molecule has 0 aliphatic rings. The van der Waals surface area contributed by atoms with Crippen molar-refractivity contribution in [1.29, 1.82) is 0 Å². The van der Waals surface area contributed by atoms with Gasteiger partial charge in [0.25, 0.3) is 5.97 Å². The summed E-state index contributed by atoms with van der Waals surface area (Å²) in [6.45, 7) is 1.03. The quantitative estimate of drug-likeness (QED) is 0.213. The van der Waals surface area contributed by atoms with E-state index in [9.17, 15) is 0 Å². The van der Waals surface area contributed by atoms with E-state index >= 15 is 0 Å². The van der Waals surface area contributed by atoms with Crippen molar-refractivity contribution in [3.63, 3.8) is 0 Å². The highest BCUT2D eigenvalue weighted by atomic mass is 16.7. The van der Waals surface area contributed by atoms with Gasteiger partial charge >= 0.3 is 0 Å². The molecule has 0 saturated carbocycles. The van der Waals surface area contributed by atoms with E-state index in [1.807, 2.05) is 0 Å². The van der Waals surface area contributed by atoms with Crippen molar-refractivity contribution in [2.75, 3.05) is 33.0 Å². The summed E-state index contributed by atoms with van der Waals surface area (Å²) >= 11 is 0. The molecule has 0 aliphatic heterocycles. The molecule has 7 nitrogen and oxygen atoms in total.